The van der Waals surface area contributed by atoms with Crippen LogP contribution >= 0.6 is 0 Å². The van der Waals surface area contributed by atoms with E-state index in [1.807, 2.05) is 12.1 Å². The summed E-state index contributed by atoms with van der Waals surface area (Å²) in [7, 11) is 0. The summed E-state index contributed by atoms with van der Waals surface area (Å²) >= 11 is 0. The molecule has 4 heterocycles. The van der Waals surface area contributed by atoms with Crippen LogP contribution < -0.4 is 0 Å². The molecule has 2 aliphatic heterocycles. The Labute approximate surface area is 146 Å². The van der Waals surface area contributed by atoms with Crippen molar-refractivity contribution in [3.05, 3.63) is 54.4 Å². The molecule has 7 nitrogen and oxygen atoms in total. The first-order valence-corrected chi connectivity index (χ1v) is 8.44. The van der Waals surface area contributed by atoms with Crippen LogP contribution in [0.3, 0.4) is 0 Å². The number of carbonyl (C=O) groups is 1. The number of rotatable bonds is 5. The van der Waals surface area contributed by atoms with E-state index in [9.17, 15) is 4.79 Å². The summed E-state index contributed by atoms with van der Waals surface area (Å²) < 4.78 is 11.9. The molecule has 0 N–H and O–H groups in total. The van der Waals surface area contributed by atoms with Crippen LogP contribution in [0.2, 0.25) is 0 Å². The smallest absolute Gasteiger partial charge is 0.291 e. The molecule has 2 aromatic heterocycles. The van der Waals surface area contributed by atoms with Gasteiger partial charge in [0.1, 0.15) is 5.60 Å². The second-order valence-electron chi connectivity index (χ2n) is 6.50. The minimum Gasteiger partial charge on any atom is -0.376 e. The van der Waals surface area contributed by atoms with Crippen LogP contribution in [0.25, 0.3) is 0 Å². The fraction of sp³-hybridized carbons (Fsp3) is 0.444. The molecule has 2 saturated heterocycles. The summed E-state index contributed by atoms with van der Waals surface area (Å²) in [6.07, 6.45) is 7.65. The number of carbonyl (C=O) groups excluding carboxylic acids is 1. The zero-order chi connectivity index (χ0) is 17.1. The van der Waals surface area contributed by atoms with Crippen molar-refractivity contribution in [2.45, 2.75) is 18.6 Å². The van der Waals surface area contributed by atoms with E-state index in [-0.39, 0.29) is 17.3 Å². The van der Waals surface area contributed by atoms with Gasteiger partial charge in [-0.05, 0) is 30.2 Å². The lowest BCUT2D eigenvalue weighted by Gasteiger charge is -2.49. The van der Waals surface area contributed by atoms with Gasteiger partial charge in [-0.3, -0.25) is 9.78 Å². The predicted octanol–water partition coefficient (Wildman–Crippen LogP) is 1.32. The van der Waals surface area contributed by atoms with E-state index in [1.165, 1.54) is 0 Å². The molecule has 7 heteroatoms. The van der Waals surface area contributed by atoms with Gasteiger partial charge in [0.25, 0.3) is 5.91 Å². The maximum Gasteiger partial charge on any atom is 0.291 e. The van der Waals surface area contributed by atoms with Gasteiger partial charge in [-0.2, -0.15) is 0 Å². The number of nitrogens with zero attached hydrogens (tertiary/aromatic N) is 4. The Morgan fingerprint density at radius 1 is 1.24 bits per heavy atom. The summed E-state index contributed by atoms with van der Waals surface area (Å²) in [6, 6.07) is 5.60. The first kappa shape index (κ1) is 16.1. The molecule has 2 fully saturated rings. The summed E-state index contributed by atoms with van der Waals surface area (Å²) in [5, 5.41) is 0. The Hall–Kier alpha value is -2.38. The second-order valence-corrected chi connectivity index (χ2v) is 6.50. The minimum atomic E-state index is -0.275. The van der Waals surface area contributed by atoms with E-state index in [2.05, 4.69) is 15.0 Å². The number of ether oxygens (including phenoxy) is 2. The molecule has 130 valence electrons. The molecule has 0 saturated carbocycles. The average Bonchev–Trinajstić information content (AvgIpc) is 3.05. The van der Waals surface area contributed by atoms with Gasteiger partial charge in [0.2, 0.25) is 5.82 Å². The van der Waals surface area contributed by atoms with Crippen LogP contribution in [0.15, 0.2) is 43.0 Å². The summed E-state index contributed by atoms with van der Waals surface area (Å²) in [4.78, 5) is 26.2. The van der Waals surface area contributed by atoms with Gasteiger partial charge in [0, 0.05) is 37.3 Å². The maximum absolute atomic E-state index is 12.4. The number of aromatic nitrogens is 3. The molecule has 2 aliphatic rings. The van der Waals surface area contributed by atoms with Gasteiger partial charge in [-0.1, -0.05) is 0 Å². The van der Waals surface area contributed by atoms with Crippen LogP contribution in [0.4, 0.5) is 0 Å². The van der Waals surface area contributed by atoms with Crippen molar-refractivity contribution in [1.82, 2.24) is 19.9 Å². The molecule has 1 atom stereocenters. The van der Waals surface area contributed by atoms with Crippen molar-refractivity contribution in [2.75, 3.05) is 26.3 Å². The van der Waals surface area contributed by atoms with Gasteiger partial charge < -0.3 is 14.4 Å². The van der Waals surface area contributed by atoms with Gasteiger partial charge >= 0.3 is 0 Å². The SMILES string of the molecule is O=C(c1ncccn1)N1CC2(C1)OCCC2COCc1ccncc1. The average molecular weight is 340 g/mol. The van der Waals surface area contributed by atoms with E-state index in [0.717, 1.165) is 12.0 Å². The Kier molecular flexibility index (Phi) is 4.42. The number of amides is 1. The minimum absolute atomic E-state index is 0.141. The number of hydrogen-bond acceptors (Lipinski definition) is 6. The fourth-order valence-electron chi connectivity index (χ4n) is 3.46. The first-order chi connectivity index (χ1) is 12.3. The molecule has 1 amide bonds. The Bertz CT molecular complexity index is 720. The molecule has 25 heavy (non-hydrogen) atoms. The first-order valence-electron chi connectivity index (χ1n) is 8.44. The molecule has 2 aromatic rings. The van der Waals surface area contributed by atoms with Crippen molar-refractivity contribution in [3.8, 4) is 0 Å². The lowest BCUT2D eigenvalue weighted by molar-refractivity contribution is -0.129. The normalized spacial score (nSPS) is 21.3. The summed E-state index contributed by atoms with van der Waals surface area (Å²) in [6.45, 7) is 3.07. The van der Waals surface area contributed by atoms with Crippen LogP contribution in [-0.4, -0.2) is 57.7 Å². The number of pyridine rings is 1. The van der Waals surface area contributed by atoms with Crippen LogP contribution in [0.5, 0.6) is 0 Å². The molecular weight excluding hydrogens is 320 g/mol. The van der Waals surface area contributed by atoms with Crippen molar-refractivity contribution >= 4 is 5.91 Å². The Morgan fingerprint density at radius 3 is 2.76 bits per heavy atom. The molecular formula is C18H20N4O3. The van der Waals surface area contributed by atoms with E-state index >= 15 is 0 Å². The number of hydrogen-bond donors (Lipinski definition) is 0. The van der Waals surface area contributed by atoms with E-state index in [0.29, 0.717) is 38.8 Å². The van der Waals surface area contributed by atoms with Crippen LogP contribution in [0.1, 0.15) is 22.6 Å². The van der Waals surface area contributed by atoms with Crippen molar-refractivity contribution in [2.24, 2.45) is 5.92 Å². The summed E-state index contributed by atoms with van der Waals surface area (Å²) in [5.74, 6) is 0.397. The Morgan fingerprint density at radius 2 is 2.00 bits per heavy atom. The molecule has 1 unspecified atom stereocenters. The van der Waals surface area contributed by atoms with Gasteiger partial charge in [-0.25, -0.2) is 9.97 Å². The highest BCUT2D eigenvalue weighted by molar-refractivity contribution is 5.91. The molecule has 0 bridgehead atoms. The molecule has 0 aliphatic carbocycles. The monoisotopic (exact) mass is 340 g/mol. The largest absolute Gasteiger partial charge is 0.376 e. The van der Waals surface area contributed by atoms with Crippen LogP contribution in [0, 0.1) is 5.92 Å². The lowest BCUT2D eigenvalue weighted by atomic mass is 9.81. The van der Waals surface area contributed by atoms with Gasteiger partial charge in [0.05, 0.1) is 26.3 Å². The van der Waals surface area contributed by atoms with Crippen molar-refractivity contribution in [1.29, 1.82) is 0 Å². The van der Waals surface area contributed by atoms with Crippen molar-refractivity contribution < 1.29 is 14.3 Å². The molecule has 1 spiro atoms. The van der Waals surface area contributed by atoms with E-state index in [1.54, 1.807) is 35.8 Å². The lowest BCUT2D eigenvalue weighted by Crippen LogP contribution is -2.66. The highest BCUT2D eigenvalue weighted by atomic mass is 16.5. The molecule has 0 aromatic carbocycles. The highest BCUT2D eigenvalue weighted by Gasteiger charge is 2.54. The molecule has 4 rings (SSSR count). The maximum atomic E-state index is 12.4. The third-order valence-electron chi connectivity index (χ3n) is 4.90. The van der Waals surface area contributed by atoms with Gasteiger partial charge in [-0.15, -0.1) is 0 Å². The third-order valence-corrected chi connectivity index (χ3v) is 4.90. The highest BCUT2D eigenvalue weighted by Crippen LogP contribution is 2.40. The summed E-state index contributed by atoms with van der Waals surface area (Å²) in [5.41, 5.74) is 0.831. The second kappa shape index (κ2) is 6.85. The number of likely N-dealkylation sites (tertiary alicyclic amines) is 1. The topological polar surface area (TPSA) is 77.4 Å². The Balaban J connectivity index is 1.31. The van der Waals surface area contributed by atoms with Crippen LogP contribution in [-0.2, 0) is 16.1 Å². The zero-order valence-electron chi connectivity index (χ0n) is 13.9. The predicted molar refractivity (Wildman–Crippen MR) is 88.6 cm³/mol. The standard InChI is InChI=1S/C18H20N4O3/c23-17(16-20-5-1-6-21-16)22-12-18(13-22)15(4-9-25-18)11-24-10-14-2-7-19-8-3-14/h1-3,5-8,15H,4,9-13H2. The quantitative estimate of drug-likeness (QED) is 0.817. The van der Waals surface area contributed by atoms with E-state index < -0.39 is 0 Å². The zero-order valence-corrected chi connectivity index (χ0v) is 13.9. The molecule has 0 radical (unpaired) electrons. The fourth-order valence-corrected chi connectivity index (χ4v) is 3.46. The van der Waals surface area contributed by atoms with Gasteiger partial charge in [0.15, 0.2) is 0 Å². The third kappa shape index (κ3) is 3.25. The van der Waals surface area contributed by atoms with E-state index in [4.69, 9.17) is 9.47 Å². The van der Waals surface area contributed by atoms with Crippen molar-refractivity contribution in [3.63, 3.8) is 0 Å².